The van der Waals surface area contributed by atoms with Crippen LogP contribution in [0.15, 0.2) is 29.2 Å². The van der Waals surface area contributed by atoms with Gasteiger partial charge in [0.15, 0.2) is 0 Å². The van der Waals surface area contributed by atoms with Crippen molar-refractivity contribution in [2.24, 2.45) is 0 Å². The van der Waals surface area contributed by atoms with Crippen LogP contribution in [-0.4, -0.2) is 24.3 Å². The van der Waals surface area contributed by atoms with E-state index in [9.17, 15) is 13.2 Å². The van der Waals surface area contributed by atoms with Crippen molar-refractivity contribution in [2.45, 2.75) is 49.3 Å². The number of halogens is 1. The quantitative estimate of drug-likeness (QED) is 0.259. The molecule has 0 amide bonds. The third-order valence-electron chi connectivity index (χ3n) is 2.91. The molecule has 0 fully saturated rings. The third kappa shape index (κ3) is 6.46. The van der Waals surface area contributed by atoms with Crippen molar-refractivity contribution >= 4 is 27.7 Å². The molecule has 1 unspecified atom stereocenters. The molecule has 0 spiro atoms. The van der Waals surface area contributed by atoms with E-state index in [0.717, 1.165) is 37.8 Å². The average Bonchev–Trinajstić information content (AvgIpc) is 2.43. The Morgan fingerprint density at radius 2 is 1.86 bits per heavy atom. The minimum absolute atomic E-state index is 0.187. The maximum Gasteiger partial charge on any atom is 0.329 e. The molecular formula is C14H19ClO5S. The smallest absolute Gasteiger partial charge is 0.329 e. The van der Waals surface area contributed by atoms with Crippen LogP contribution in [0.25, 0.3) is 0 Å². The Hall–Kier alpha value is -1.11. The molecule has 21 heavy (non-hydrogen) atoms. The number of hydrogen-bond donors (Lipinski definition) is 1. The minimum Gasteiger partial charge on any atom is -0.425 e. The van der Waals surface area contributed by atoms with Crippen LogP contribution in [-0.2, 0) is 14.9 Å². The van der Waals surface area contributed by atoms with E-state index < -0.39 is 21.5 Å². The van der Waals surface area contributed by atoms with Crippen LogP contribution < -0.4 is 4.74 Å². The standard InChI is InChI=1S/C14H19ClO5S/c1-2-3-4-5-6-13(15)14(16)20-11-7-9-12(10-8-11)21(17,18)19/h7-10,13H,2-6H2,1H3,(H,17,18,19). The lowest BCUT2D eigenvalue weighted by Crippen LogP contribution is -2.20. The molecule has 1 N–H and O–H groups in total. The summed E-state index contributed by atoms with van der Waals surface area (Å²) in [6.45, 7) is 2.10. The van der Waals surface area contributed by atoms with Crippen LogP contribution in [0.4, 0.5) is 0 Å². The Balaban J connectivity index is 2.51. The molecule has 1 aromatic rings. The normalized spacial score (nSPS) is 12.9. The highest BCUT2D eigenvalue weighted by Gasteiger charge is 2.17. The first-order chi connectivity index (χ1) is 9.84. The lowest BCUT2D eigenvalue weighted by atomic mass is 10.1. The summed E-state index contributed by atoms with van der Waals surface area (Å²) >= 11 is 5.95. The van der Waals surface area contributed by atoms with Gasteiger partial charge in [0.25, 0.3) is 10.1 Å². The van der Waals surface area contributed by atoms with Gasteiger partial charge in [-0.3, -0.25) is 9.35 Å². The molecule has 0 heterocycles. The number of benzene rings is 1. The second-order valence-electron chi connectivity index (χ2n) is 4.68. The lowest BCUT2D eigenvalue weighted by Gasteiger charge is -2.09. The first-order valence-electron chi connectivity index (χ1n) is 6.78. The van der Waals surface area contributed by atoms with Crippen LogP contribution in [0, 0.1) is 0 Å². The van der Waals surface area contributed by atoms with E-state index >= 15 is 0 Å². The molecule has 0 aromatic heterocycles. The Labute approximate surface area is 130 Å². The lowest BCUT2D eigenvalue weighted by molar-refractivity contribution is -0.134. The molecule has 118 valence electrons. The fourth-order valence-electron chi connectivity index (χ4n) is 1.73. The largest absolute Gasteiger partial charge is 0.425 e. The molecule has 0 saturated heterocycles. The first kappa shape index (κ1) is 17.9. The summed E-state index contributed by atoms with van der Waals surface area (Å²) in [4.78, 5) is 11.5. The van der Waals surface area contributed by atoms with Crippen molar-refractivity contribution in [3.05, 3.63) is 24.3 Å². The SMILES string of the molecule is CCCCCCC(Cl)C(=O)Oc1ccc(S(=O)(=O)O)cc1. The summed E-state index contributed by atoms with van der Waals surface area (Å²) in [6, 6.07) is 4.90. The summed E-state index contributed by atoms with van der Waals surface area (Å²) in [5.74, 6) is -0.376. The van der Waals surface area contributed by atoms with Crippen molar-refractivity contribution in [1.29, 1.82) is 0 Å². The van der Waals surface area contributed by atoms with Gasteiger partial charge in [-0.15, -0.1) is 11.6 Å². The summed E-state index contributed by atoms with van der Waals surface area (Å²) in [5.41, 5.74) is 0. The number of rotatable bonds is 8. The van der Waals surface area contributed by atoms with Gasteiger partial charge < -0.3 is 4.74 Å². The summed E-state index contributed by atoms with van der Waals surface area (Å²) in [6.07, 6.45) is 4.64. The average molecular weight is 335 g/mol. The van der Waals surface area contributed by atoms with Crippen molar-refractivity contribution in [3.63, 3.8) is 0 Å². The van der Waals surface area contributed by atoms with Crippen molar-refractivity contribution in [1.82, 2.24) is 0 Å². The van der Waals surface area contributed by atoms with E-state index in [2.05, 4.69) is 6.92 Å². The van der Waals surface area contributed by atoms with Crippen LogP contribution in [0.1, 0.15) is 39.0 Å². The van der Waals surface area contributed by atoms with Crippen LogP contribution in [0.2, 0.25) is 0 Å². The molecule has 1 rings (SSSR count). The second-order valence-corrected chi connectivity index (χ2v) is 6.63. The monoisotopic (exact) mass is 334 g/mol. The molecule has 1 atom stereocenters. The van der Waals surface area contributed by atoms with Gasteiger partial charge >= 0.3 is 5.97 Å². The predicted octanol–water partition coefficient (Wildman–Crippen LogP) is 3.42. The number of hydrogen-bond acceptors (Lipinski definition) is 4. The number of ether oxygens (including phenoxy) is 1. The van der Waals surface area contributed by atoms with Gasteiger partial charge in [-0.1, -0.05) is 32.6 Å². The van der Waals surface area contributed by atoms with E-state index in [1.165, 1.54) is 12.1 Å². The zero-order valence-electron chi connectivity index (χ0n) is 11.8. The number of esters is 1. The fourth-order valence-corrected chi connectivity index (χ4v) is 2.41. The molecule has 0 aliphatic rings. The Bertz CT molecular complexity index is 553. The molecule has 0 radical (unpaired) electrons. The maximum atomic E-state index is 11.7. The van der Waals surface area contributed by atoms with Gasteiger partial charge in [-0.2, -0.15) is 8.42 Å². The summed E-state index contributed by atoms with van der Waals surface area (Å²) in [5, 5.41) is -0.719. The molecular weight excluding hydrogens is 316 g/mol. The topological polar surface area (TPSA) is 80.7 Å². The number of carbonyl (C=O) groups is 1. The van der Waals surface area contributed by atoms with Gasteiger partial charge in [0.2, 0.25) is 0 Å². The maximum absolute atomic E-state index is 11.7. The van der Waals surface area contributed by atoms with E-state index in [4.69, 9.17) is 20.9 Å². The highest BCUT2D eigenvalue weighted by Crippen LogP contribution is 2.18. The van der Waals surface area contributed by atoms with Crippen molar-refractivity contribution in [3.8, 4) is 5.75 Å². The molecule has 5 nitrogen and oxygen atoms in total. The molecule has 0 aliphatic carbocycles. The van der Waals surface area contributed by atoms with E-state index in [1.54, 1.807) is 0 Å². The molecule has 7 heteroatoms. The second kappa shape index (κ2) is 8.36. The minimum atomic E-state index is -4.25. The van der Waals surface area contributed by atoms with E-state index in [1.807, 2.05) is 0 Å². The highest BCUT2D eigenvalue weighted by atomic mass is 35.5. The first-order valence-corrected chi connectivity index (χ1v) is 8.65. The zero-order chi connectivity index (χ0) is 15.9. The molecule has 0 aliphatic heterocycles. The molecule has 0 bridgehead atoms. The van der Waals surface area contributed by atoms with Gasteiger partial charge in [0, 0.05) is 0 Å². The number of alkyl halides is 1. The Morgan fingerprint density at radius 1 is 1.24 bits per heavy atom. The van der Waals surface area contributed by atoms with Gasteiger partial charge in [-0.05, 0) is 30.7 Å². The zero-order valence-corrected chi connectivity index (χ0v) is 13.4. The van der Waals surface area contributed by atoms with E-state index in [-0.39, 0.29) is 10.6 Å². The van der Waals surface area contributed by atoms with Crippen molar-refractivity contribution < 1.29 is 22.5 Å². The predicted molar refractivity (Wildman–Crippen MR) is 80.3 cm³/mol. The summed E-state index contributed by atoms with van der Waals surface area (Å²) in [7, 11) is -4.25. The Morgan fingerprint density at radius 3 is 2.38 bits per heavy atom. The summed E-state index contributed by atoms with van der Waals surface area (Å²) < 4.78 is 35.6. The fraction of sp³-hybridized carbons (Fsp3) is 0.500. The molecule has 0 saturated carbocycles. The highest BCUT2D eigenvalue weighted by molar-refractivity contribution is 7.85. The third-order valence-corrected chi connectivity index (χ3v) is 4.17. The van der Waals surface area contributed by atoms with Gasteiger partial charge in [-0.25, -0.2) is 0 Å². The van der Waals surface area contributed by atoms with E-state index in [0.29, 0.717) is 6.42 Å². The number of carbonyl (C=O) groups excluding carboxylic acids is 1. The van der Waals surface area contributed by atoms with Crippen LogP contribution in [0.5, 0.6) is 5.75 Å². The van der Waals surface area contributed by atoms with Crippen LogP contribution in [0.3, 0.4) is 0 Å². The number of unbranched alkanes of at least 4 members (excludes halogenated alkanes) is 3. The molecule has 1 aromatic carbocycles. The van der Waals surface area contributed by atoms with Crippen molar-refractivity contribution in [2.75, 3.05) is 0 Å². The Kier molecular flexibility index (Phi) is 7.14. The van der Waals surface area contributed by atoms with Crippen LogP contribution >= 0.6 is 11.6 Å². The van der Waals surface area contributed by atoms with Gasteiger partial charge in [0.1, 0.15) is 11.1 Å². The van der Waals surface area contributed by atoms with Gasteiger partial charge in [0.05, 0.1) is 4.90 Å².